The van der Waals surface area contributed by atoms with E-state index in [9.17, 15) is 14.7 Å². The molecule has 2 aromatic carbocycles. The second-order valence-electron chi connectivity index (χ2n) is 14.8. The number of unbranched alkanes of at least 4 members (excludes halogenated alkanes) is 12. The molecule has 2 heterocycles. The van der Waals surface area contributed by atoms with Crippen molar-refractivity contribution < 1.29 is 38.4 Å². The number of nitrogens with one attached hydrogen (secondary N) is 2. The van der Waals surface area contributed by atoms with E-state index in [-0.39, 0.29) is 38.2 Å². The predicted octanol–water partition coefficient (Wildman–Crippen LogP) is 7.28. The van der Waals surface area contributed by atoms with Crippen molar-refractivity contribution in [3.8, 4) is 0 Å². The van der Waals surface area contributed by atoms with Crippen molar-refractivity contribution in [1.29, 1.82) is 0 Å². The number of rotatable bonds is 24. The molecular formula is C42H64N2O8. The van der Waals surface area contributed by atoms with Crippen LogP contribution in [-0.4, -0.2) is 72.9 Å². The van der Waals surface area contributed by atoms with Crippen LogP contribution in [0, 0.1) is 0 Å². The van der Waals surface area contributed by atoms with Gasteiger partial charge in [0.25, 0.3) is 0 Å². The Labute approximate surface area is 311 Å². The molecular weight excluding hydrogens is 660 g/mol. The van der Waals surface area contributed by atoms with Crippen LogP contribution in [0.1, 0.15) is 128 Å². The molecule has 2 aliphatic heterocycles. The van der Waals surface area contributed by atoms with E-state index < -0.39 is 42.5 Å². The lowest BCUT2D eigenvalue weighted by Crippen LogP contribution is -2.67. The molecule has 0 unspecified atom stereocenters. The van der Waals surface area contributed by atoms with Gasteiger partial charge in [-0.2, -0.15) is 0 Å². The number of carbonyl (C=O) groups excluding carboxylic acids is 2. The summed E-state index contributed by atoms with van der Waals surface area (Å²) in [4.78, 5) is 25.1. The van der Waals surface area contributed by atoms with Gasteiger partial charge >= 0.3 is 0 Å². The molecule has 3 N–H and O–H groups in total. The summed E-state index contributed by atoms with van der Waals surface area (Å²) in [6.07, 6.45) is 13.3. The van der Waals surface area contributed by atoms with Gasteiger partial charge in [-0.1, -0.05) is 145 Å². The molecule has 0 aromatic heterocycles. The molecule has 52 heavy (non-hydrogen) atoms. The molecule has 0 radical (unpaired) electrons. The molecule has 2 aromatic rings. The molecule has 0 saturated carbocycles. The van der Waals surface area contributed by atoms with Gasteiger partial charge in [0.05, 0.1) is 19.8 Å². The second kappa shape index (κ2) is 23.0. The summed E-state index contributed by atoms with van der Waals surface area (Å²) in [5, 5.41) is 17.0. The normalized spacial score (nSPS) is 24.1. The van der Waals surface area contributed by atoms with Crippen molar-refractivity contribution in [3.05, 3.63) is 71.8 Å². The number of hydrogen-bond donors (Lipinski definition) is 3. The van der Waals surface area contributed by atoms with Crippen molar-refractivity contribution >= 4 is 11.8 Å². The molecule has 0 spiro atoms. The first-order valence-corrected chi connectivity index (χ1v) is 19.8. The monoisotopic (exact) mass is 724 g/mol. The zero-order valence-corrected chi connectivity index (χ0v) is 31.8. The standard InChI is InChI=1S/C42H64N2O8/c1-4-5-6-7-8-9-10-11-12-13-14-15-22-27-36(46)43-30-42(3,47)31-50-41-37(44-32(2)45)39(48-28-33-23-18-16-19-24-33)38-35(51-41)29-49-40(52-38)34-25-20-17-21-26-34/h16-21,23-26,35,37-41,47H,4-15,22,27-31H2,1-3H3,(H,43,46)(H,44,45)/t35-,37-,38-,39-,40-,41-,42-/m1/s1. The van der Waals surface area contributed by atoms with Crippen LogP contribution in [0.3, 0.4) is 0 Å². The highest BCUT2D eigenvalue weighted by molar-refractivity contribution is 5.75. The molecule has 2 amide bonds. The number of amides is 2. The van der Waals surface area contributed by atoms with Gasteiger partial charge in [-0.15, -0.1) is 0 Å². The number of ether oxygens (including phenoxy) is 5. The summed E-state index contributed by atoms with van der Waals surface area (Å²) in [5.74, 6) is -0.372. The minimum atomic E-state index is -1.38. The lowest BCUT2D eigenvalue weighted by Gasteiger charge is -2.49. The van der Waals surface area contributed by atoms with E-state index in [0.29, 0.717) is 6.42 Å². The van der Waals surface area contributed by atoms with Crippen LogP contribution in [0.2, 0.25) is 0 Å². The van der Waals surface area contributed by atoms with Gasteiger partial charge in [0.2, 0.25) is 11.8 Å². The smallest absolute Gasteiger partial charge is 0.220 e. The Balaban J connectivity index is 1.24. The minimum absolute atomic E-state index is 0.0206. The Morgan fingerprint density at radius 2 is 1.42 bits per heavy atom. The minimum Gasteiger partial charge on any atom is -0.386 e. The first-order chi connectivity index (χ1) is 25.3. The van der Waals surface area contributed by atoms with Crippen LogP contribution in [0.5, 0.6) is 0 Å². The fourth-order valence-electron chi connectivity index (χ4n) is 6.84. The number of carbonyl (C=O) groups is 2. The average molecular weight is 725 g/mol. The van der Waals surface area contributed by atoms with Gasteiger partial charge in [-0.25, -0.2) is 0 Å². The van der Waals surface area contributed by atoms with Crippen molar-refractivity contribution in [2.75, 3.05) is 19.8 Å². The molecule has 10 heteroatoms. The third-order valence-corrected chi connectivity index (χ3v) is 9.80. The lowest BCUT2D eigenvalue weighted by molar-refractivity contribution is -0.352. The molecule has 10 nitrogen and oxygen atoms in total. The molecule has 0 aliphatic carbocycles. The Bertz CT molecular complexity index is 1280. The maximum atomic E-state index is 12.6. The van der Waals surface area contributed by atoms with Gasteiger partial charge in [-0.3, -0.25) is 9.59 Å². The van der Waals surface area contributed by atoms with Crippen LogP contribution in [0.4, 0.5) is 0 Å². The summed E-state index contributed by atoms with van der Waals surface area (Å²) in [7, 11) is 0. The van der Waals surface area contributed by atoms with Crippen molar-refractivity contribution in [1.82, 2.24) is 10.6 Å². The predicted molar refractivity (Wildman–Crippen MR) is 201 cm³/mol. The molecule has 4 rings (SSSR count). The van der Waals surface area contributed by atoms with E-state index in [2.05, 4.69) is 17.6 Å². The van der Waals surface area contributed by atoms with Crippen molar-refractivity contribution in [2.24, 2.45) is 0 Å². The maximum Gasteiger partial charge on any atom is 0.220 e. The average Bonchev–Trinajstić information content (AvgIpc) is 3.15. The number of aliphatic hydroxyl groups is 1. The van der Waals surface area contributed by atoms with Crippen molar-refractivity contribution in [3.63, 3.8) is 0 Å². The summed E-state index contributed by atoms with van der Waals surface area (Å²) < 4.78 is 31.6. The van der Waals surface area contributed by atoms with Crippen LogP contribution < -0.4 is 10.6 Å². The summed E-state index contributed by atoms with van der Waals surface area (Å²) in [5.41, 5.74) is 0.448. The highest BCUT2D eigenvalue weighted by Gasteiger charge is 2.52. The van der Waals surface area contributed by atoms with E-state index in [1.807, 2.05) is 60.7 Å². The van der Waals surface area contributed by atoms with Crippen LogP contribution in [0.25, 0.3) is 0 Å². The van der Waals surface area contributed by atoms with Crippen molar-refractivity contribution in [2.45, 2.75) is 160 Å². The number of benzene rings is 2. The Hall–Kier alpha value is -2.86. The Morgan fingerprint density at radius 1 is 0.827 bits per heavy atom. The molecule has 7 atom stereocenters. The molecule has 2 fully saturated rings. The first kappa shape index (κ1) is 41.9. The maximum absolute atomic E-state index is 12.6. The Kier molecular flexibility index (Phi) is 18.6. The molecule has 0 bridgehead atoms. The summed E-state index contributed by atoms with van der Waals surface area (Å²) in [6, 6.07) is 18.7. The SMILES string of the molecule is CCCCCCCCCCCCCCCC(=O)NC[C@@](C)(O)CO[C@@H]1O[C@@H]2CO[C@@H](c3ccccc3)O[C@H]2[C@H](OCc2ccccc2)[C@H]1NC(C)=O. The topological polar surface area (TPSA) is 125 Å². The zero-order chi connectivity index (χ0) is 37.0. The van der Waals surface area contributed by atoms with Crippen LogP contribution in [-0.2, 0) is 39.9 Å². The van der Waals surface area contributed by atoms with Crippen LogP contribution in [0.15, 0.2) is 60.7 Å². The fraction of sp³-hybridized carbons (Fsp3) is 0.667. The van der Waals surface area contributed by atoms with E-state index in [1.54, 1.807) is 6.92 Å². The van der Waals surface area contributed by atoms with Gasteiger partial charge in [0, 0.05) is 25.5 Å². The van der Waals surface area contributed by atoms with Gasteiger partial charge < -0.3 is 39.4 Å². The van der Waals surface area contributed by atoms with E-state index in [0.717, 1.165) is 30.4 Å². The first-order valence-electron chi connectivity index (χ1n) is 19.8. The van der Waals surface area contributed by atoms with Gasteiger partial charge in [-0.05, 0) is 18.9 Å². The van der Waals surface area contributed by atoms with E-state index in [4.69, 9.17) is 23.7 Å². The molecule has 2 aliphatic rings. The van der Waals surface area contributed by atoms with Gasteiger partial charge in [0.1, 0.15) is 30.0 Å². The fourth-order valence-corrected chi connectivity index (χ4v) is 6.84. The third kappa shape index (κ3) is 14.9. The van der Waals surface area contributed by atoms with Gasteiger partial charge in [0.15, 0.2) is 12.6 Å². The molecule has 2 saturated heterocycles. The highest BCUT2D eigenvalue weighted by atomic mass is 16.8. The second-order valence-corrected chi connectivity index (χ2v) is 14.8. The number of hydrogen-bond acceptors (Lipinski definition) is 8. The quantitative estimate of drug-likeness (QED) is 0.0966. The third-order valence-electron chi connectivity index (χ3n) is 9.80. The molecule has 290 valence electrons. The highest BCUT2D eigenvalue weighted by Crippen LogP contribution is 2.36. The zero-order valence-electron chi connectivity index (χ0n) is 31.8. The summed E-state index contributed by atoms with van der Waals surface area (Å²) >= 11 is 0. The largest absolute Gasteiger partial charge is 0.386 e. The van der Waals surface area contributed by atoms with E-state index in [1.165, 1.54) is 71.1 Å². The lowest BCUT2D eigenvalue weighted by atomic mass is 9.95. The Morgan fingerprint density at radius 3 is 2.04 bits per heavy atom. The van der Waals surface area contributed by atoms with E-state index >= 15 is 0 Å². The van der Waals surface area contributed by atoms with Crippen LogP contribution >= 0.6 is 0 Å². The summed E-state index contributed by atoms with van der Waals surface area (Å²) in [6.45, 7) is 5.66. The number of fused-ring (bicyclic) bond motifs is 1.